The van der Waals surface area contributed by atoms with Gasteiger partial charge in [-0.15, -0.1) is 0 Å². The van der Waals surface area contributed by atoms with Crippen LogP contribution in [0.1, 0.15) is 22.3 Å². The Bertz CT molecular complexity index is 995. The molecule has 1 aliphatic rings. The lowest BCUT2D eigenvalue weighted by atomic mass is 10.1. The number of carbonyl (C=O) groups excluding carboxylic acids is 1. The molecule has 1 amide bonds. The number of rotatable bonds is 6. The highest BCUT2D eigenvalue weighted by molar-refractivity contribution is 7.89. The van der Waals surface area contributed by atoms with E-state index in [0.717, 1.165) is 5.56 Å². The standard InChI is InChI=1S/C23H31N3O3S/c1-18-6-9-22(10-7-18)30(28,29)26-13-11-25(12-14-26)23(27)17-24(4)16-21-8-5-19(2)15-20(21)3/h5-10,15H,11-14,16-17H2,1-4H3. The van der Waals surface area contributed by atoms with Crippen LogP contribution in [0.25, 0.3) is 0 Å². The number of carbonyl (C=O) groups is 1. The second-order valence-electron chi connectivity index (χ2n) is 8.20. The average molecular weight is 430 g/mol. The first kappa shape index (κ1) is 22.5. The van der Waals surface area contributed by atoms with Crippen LogP contribution in [0.4, 0.5) is 0 Å². The smallest absolute Gasteiger partial charge is 0.243 e. The molecule has 0 bridgehead atoms. The molecule has 2 aromatic carbocycles. The molecule has 1 heterocycles. The summed E-state index contributed by atoms with van der Waals surface area (Å²) in [6.45, 7) is 8.60. The van der Waals surface area contributed by atoms with Gasteiger partial charge in [0.25, 0.3) is 0 Å². The van der Waals surface area contributed by atoms with E-state index in [9.17, 15) is 13.2 Å². The average Bonchev–Trinajstić information content (AvgIpc) is 2.70. The molecule has 162 valence electrons. The minimum atomic E-state index is -3.52. The molecule has 7 heteroatoms. The molecule has 2 aromatic rings. The van der Waals surface area contributed by atoms with Crippen LogP contribution in [-0.4, -0.2) is 68.2 Å². The Hall–Kier alpha value is -2.22. The van der Waals surface area contributed by atoms with Crippen molar-refractivity contribution in [3.63, 3.8) is 0 Å². The van der Waals surface area contributed by atoms with Crippen molar-refractivity contribution in [1.29, 1.82) is 0 Å². The molecule has 0 spiro atoms. The highest BCUT2D eigenvalue weighted by Crippen LogP contribution is 2.18. The van der Waals surface area contributed by atoms with E-state index in [1.54, 1.807) is 29.2 Å². The van der Waals surface area contributed by atoms with Gasteiger partial charge < -0.3 is 4.90 Å². The lowest BCUT2D eigenvalue weighted by molar-refractivity contribution is -0.133. The third kappa shape index (κ3) is 5.28. The second kappa shape index (κ2) is 9.29. The van der Waals surface area contributed by atoms with E-state index in [4.69, 9.17) is 0 Å². The third-order valence-electron chi connectivity index (χ3n) is 5.59. The SMILES string of the molecule is Cc1ccc(S(=O)(=O)N2CCN(C(=O)CN(C)Cc3ccc(C)cc3C)CC2)cc1. The normalized spacial score (nSPS) is 15.6. The van der Waals surface area contributed by atoms with Crippen molar-refractivity contribution in [2.75, 3.05) is 39.8 Å². The number of sulfonamides is 1. The molecule has 0 aliphatic carbocycles. The summed E-state index contributed by atoms with van der Waals surface area (Å²) >= 11 is 0. The van der Waals surface area contributed by atoms with E-state index >= 15 is 0 Å². The maximum Gasteiger partial charge on any atom is 0.243 e. The molecule has 0 unspecified atom stereocenters. The number of benzene rings is 2. The molecule has 0 N–H and O–H groups in total. The van der Waals surface area contributed by atoms with Gasteiger partial charge in [0.2, 0.25) is 15.9 Å². The van der Waals surface area contributed by atoms with Gasteiger partial charge >= 0.3 is 0 Å². The summed E-state index contributed by atoms with van der Waals surface area (Å²) in [6.07, 6.45) is 0. The fourth-order valence-corrected chi connectivity index (χ4v) is 5.16. The predicted octanol–water partition coefficient (Wildman–Crippen LogP) is 2.58. The van der Waals surface area contributed by atoms with E-state index in [1.165, 1.54) is 21.0 Å². The molecule has 0 atom stereocenters. The number of hydrogen-bond donors (Lipinski definition) is 0. The van der Waals surface area contributed by atoms with Crippen molar-refractivity contribution in [2.24, 2.45) is 0 Å². The monoisotopic (exact) mass is 429 g/mol. The Morgan fingerprint density at radius 3 is 2.13 bits per heavy atom. The number of likely N-dealkylation sites (N-methyl/N-ethyl adjacent to an activating group) is 1. The van der Waals surface area contributed by atoms with Crippen LogP contribution >= 0.6 is 0 Å². The summed E-state index contributed by atoms with van der Waals surface area (Å²) in [5.74, 6) is 0.0367. The van der Waals surface area contributed by atoms with Gasteiger partial charge in [0.05, 0.1) is 11.4 Å². The van der Waals surface area contributed by atoms with E-state index in [-0.39, 0.29) is 5.91 Å². The van der Waals surface area contributed by atoms with E-state index < -0.39 is 10.0 Å². The highest BCUT2D eigenvalue weighted by Gasteiger charge is 2.30. The van der Waals surface area contributed by atoms with Crippen LogP contribution in [0.3, 0.4) is 0 Å². The number of aryl methyl sites for hydroxylation is 3. The number of piperazine rings is 1. The fraction of sp³-hybridized carbons (Fsp3) is 0.435. The summed E-state index contributed by atoms with van der Waals surface area (Å²) < 4.78 is 27.1. The summed E-state index contributed by atoms with van der Waals surface area (Å²) in [7, 11) is -1.58. The molecular formula is C23H31N3O3S. The van der Waals surface area contributed by atoms with Crippen LogP contribution in [0.2, 0.25) is 0 Å². The van der Waals surface area contributed by atoms with Crippen LogP contribution < -0.4 is 0 Å². The van der Waals surface area contributed by atoms with Crippen LogP contribution in [0.15, 0.2) is 47.4 Å². The quantitative estimate of drug-likeness (QED) is 0.708. The Morgan fingerprint density at radius 2 is 1.53 bits per heavy atom. The molecule has 6 nitrogen and oxygen atoms in total. The van der Waals surface area contributed by atoms with Crippen LogP contribution in [0, 0.1) is 20.8 Å². The molecule has 1 saturated heterocycles. The van der Waals surface area contributed by atoms with Gasteiger partial charge in [0, 0.05) is 32.7 Å². The van der Waals surface area contributed by atoms with Gasteiger partial charge in [-0.1, -0.05) is 41.5 Å². The number of hydrogen-bond acceptors (Lipinski definition) is 4. The summed E-state index contributed by atoms with van der Waals surface area (Å²) in [4.78, 5) is 16.8. The third-order valence-corrected chi connectivity index (χ3v) is 7.51. The van der Waals surface area contributed by atoms with Crippen molar-refractivity contribution in [2.45, 2.75) is 32.2 Å². The zero-order valence-corrected chi connectivity index (χ0v) is 19.1. The van der Waals surface area contributed by atoms with Crippen LogP contribution in [-0.2, 0) is 21.4 Å². The summed E-state index contributed by atoms with van der Waals surface area (Å²) in [5, 5.41) is 0. The zero-order valence-electron chi connectivity index (χ0n) is 18.3. The minimum Gasteiger partial charge on any atom is -0.339 e. The van der Waals surface area contributed by atoms with Crippen molar-refractivity contribution in [3.8, 4) is 0 Å². The largest absolute Gasteiger partial charge is 0.339 e. The molecular weight excluding hydrogens is 398 g/mol. The molecule has 1 fully saturated rings. The topological polar surface area (TPSA) is 60.9 Å². The van der Waals surface area contributed by atoms with E-state index in [1.807, 2.05) is 18.9 Å². The first-order valence-corrected chi connectivity index (χ1v) is 11.7. The molecule has 30 heavy (non-hydrogen) atoms. The molecule has 0 saturated carbocycles. The number of amides is 1. The predicted molar refractivity (Wildman–Crippen MR) is 119 cm³/mol. The lowest BCUT2D eigenvalue weighted by Crippen LogP contribution is -2.52. The van der Waals surface area contributed by atoms with Crippen molar-refractivity contribution < 1.29 is 13.2 Å². The van der Waals surface area contributed by atoms with Crippen LogP contribution in [0.5, 0.6) is 0 Å². The maximum absolute atomic E-state index is 12.8. The van der Waals surface area contributed by atoms with Gasteiger partial charge in [-0.25, -0.2) is 8.42 Å². The van der Waals surface area contributed by atoms with Gasteiger partial charge in [-0.2, -0.15) is 4.31 Å². The Kier molecular flexibility index (Phi) is 6.95. The van der Waals surface area contributed by atoms with Gasteiger partial charge in [-0.3, -0.25) is 9.69 Å². The highest BCUT2D eigenvalue weighted by atomic mass is 32.2. The first-order valence-electron chi connectivity index (χ1n) is 10.3. The van der Waals surface area contributed by atoms with Gasteiger partial charge in [-0.05, 0) is 51.1 Å². The Morgan fingerprint density at radius 1 is 0.933 bits per heavy atom. The van der Waals surface area contributed by atoms with Crippen molar-refractivity contribution >= 4 is 15.9 Å². The fourth-order valence-electron chi connectivity index (χ4n) is 3.74. The molecule has 1 aliphatic heterocycles. The van der Waals surface area contributed by atoms with Gasteiger partial charge in [0.15, 0.2) is 0 Å². The first-order chi connectivity index (χ1) is 14.2. The minimum absolute atomic E-state index is 0.0367. The van der Waals surface area contributed by atoms with Crippen molar-refractivity contribution in [1.82, 2.24) is 14.1 Å². The lowest BCUT2D eigenvalue weighted by Gasteiger charge is -2.34. The molecule has 0 radical (unpaired) electrons. The Labute approximate surface area is 180 Å². The number of nitrogens with zero attached hydrogens (tertiary/aromatic N) is 3. The zero-order chi connectivity index (χ0) is 21.9. The maximum atomic E-state index is 12.8. The van der Waals surface area contributed by atoms with E-state index in [0.29, 0.717) is 44.2 Å². The molecule has 0 aromatic heterocycles. The van der Waals surface area contributed by atoms with Crippen molar-refractivity contribution in [3.05, 3.63) is 64.7 Å². The second-order valence-corrected chi connectivity index (χ2v) is 10.1. The summed E-state index contributed by atoms with van der Waals surface area (Å²) in [5.41, 5.74) is 4.69. The van der Waals surface area contributed by atoms with Gasteiger partial charge in [0.1, 0.15) is 0 Å². The molecule has 3 rings (SSSR count). The van der Waals surface area contributed by atoms with E-state index in [2.05, 4.69) is 32.0 Å². The Balaban J connectivity index is 1.54. The summed E-state index contributed by atoms with van der Waals surface area (Å²) in [6, 6.07) is 13.2.